The highest BCUT2D eigenvalue weighted by molar-refractivity contribution is 7.91. The average Bonchev–Trinajstić information content (AvgIpc) is 2.36. The highest BCUT2D eigenvalue weighted by Crippen LogP contribution is 2.36. The normalized spacial score (nSPS) is 24.7. The molecule has 1 atom stereocenters. The third kappa shape index (κ3) is 1.90. The minimum absolute atomic E-state index is 0.0309. The molecule has 1 aromatic rings. The Balaban J connectivity index is 1.98. The second-order valence-corrected chi connectivity index (χ2v) is 6.95. The Bertz CT molecular complexity index is 571. The summed E-state index contributed by atoms with van der Waals surface area (Å²) in [6, 6.07) is 5.88. The SMILES string of the molecule is COc1ccc2c(c1)N1CCS(=O)(=O)CC1CN2. The number of ether oxygens (including phenoxy) is 1. The maximum absolute atomic E-state index is 11.7. The van der Waals surface area contributed by atoms with Gasteiger partial charge in [-0.2, -0.15) is 0 Å². The minimum Gasteiger partial charge on any atom is -0.497 e. The van der Waals surface area contributed by atoms with Crippen molar-refractivity contribution in [3.8, 4) is 5.75 Å². The lowest BCUT2D eigenvalue weighted by Crippen LogP contribution is -2.54. The predicted molar refractivity (Wildman–Crippen MR) is 71.3 cm³/mol. The smallest absolute Gasteiger partial charge is 0.154 e. The Hall–Kier alpha value is -1.43. The van der Waals surface area contributed by atoms with Gasteiger partial charge in [0.15, 0.2) is 9.84 Å². The van der Waals surface area contributed by atoms with Crippen LogP contribution in [0, 0.1) is 0 Å². The van der Waals surface area contributed by atoms with E-state index in [1.54, 1.807) is 7.11 Å². The van der Waals surface area contributed by atoms with Crippen LogP contribution < -0.4 is 15.0 Å². The standard InChI is InChI=1S/C12H16N2O3S/c1-17-10-2-3-11-12(6-10)14-4-5-18(15,16)8-9(14)7-13-11/h2-3,6,9,13H,4-5,7-8H2,1H3. The molecular formula is C12H16N2O3S. The van der Waals surface area contributed by atoms with E-state index in [-0.39, 0.29) is 17.5 Å². The molecule has 18 heavy (non-hydrogen) atoms. The van der Waals surface area contributed by atoms with Gasteiger partial charge in [0, 0.05) is 19.2 Å². The molecule has 0 spiro atoms. The van der Waals surface area contributed by atoms with Crippen LogP contribution in [0.3, 0.4) is 0 Å². The molecule has 1 unspecified atom stereocenters. The third-order valence-corrected chi connectivity index (χ3v) is 5.27. The molecule has 0 aromatic heterocycles. The van der Waals surface area contributed by atoms with E-state index in [0.29, 0.717) is 13.1 Å². The van der Waals surface area contributed by atoms with Gasteiger partial charge in [0.2, 0.25) is 0 Å². The number of nitrogens with one attached hydrogen (secondary N) is 1. The van der Waals surface area contributed by atoms with E-state index in [1.807, 2.05) is 18.2 Å². The van der Waals surface area contributed by atoms with E-state index >= 15 is 0 Å². The topological polar surface area (TPSA) is 58.6 Å². The van der Waals surface area contributed by atoms with E-state index in [9.17, 15) is 8.42 Å². The van der Waals surface area contributed by atoms with Gasteiger partial charge in [-0.25, -0.2) is 8.42 Å². The molecule has 2 heterocycles. The maximum atomic E-state index is 11.7. The quantitative estimate of drug-likeness (QED) is 0.813. The lowest BCUT2D eigenvalue weighted by atomic mass is 10.1. The van der Waals surface area contributed by atoms with Gasteiger partial charge in [0.25, 0.3) is 0 Å². The second kappa shape index (κ2) is 4.05. The average molecular weight is 268 g/mol. The monoisotopic (exact) mass is 268 g/mol. The number of hydrogen-bond donors (Lipinski definition) is 1. The highest BCUT2D eigenvalue weighted by Gasteiger charge is 2.34. The van der Waals surface area contributed by atoms with Crippen LogP contribution in [-0.2, 0) is 9.84 Å². The van der Waals surface area contributed by atoms with Crippen LogP contribution in [-0.4, -0.2) is 46.2 Å². The molecule has 98 valence electrons. The van der Waals surface area contributed by atoms with Gasteiger partial charge < -0.3 is 15.0 Å². The van der Waals surface area contributed by atoms with Crippen LogP contribution in [0.4, 0.5) is 11.4 Å². The Labute approximate surface area is 107 Å². The van der Waals surface area contributed by atoms with Crippen molar-refractivity contribution >= 4 is 21.2 Å². The second-order valence-electron chi connectivity index (χ2n) is 4.73. The molecule has 1 fully saturated rings. The summed E-state index contributed by atoms with van der Waals surface area (Å²) < 4.78 is 28.6. The largest absolute Gasteiger partial charge is 0.497 e. The number of benzene rings is 1. The van der Waals surface area contributed by atoms with Gasteiger partial charge in [-0.05, 0) is 12.1 Å². The summed E-state index contributed by atoms with van der Waals surface area (Å²) in [7, 11) is -1.25. The van der Waals surface area contributed by atoms with Gasteiger partial charge in [-0.15, -0.1) is 0 Å². The van der Waals surface area contributed by atoms with E-state index in [0.717, 1.165) is 17.1 Å². The van der Waals surface area contributed by atoms with Crippen molar-refractivity contribution in [3.05, 3.63) is 18.2 Å². The summed E-state index contributed by atoms with van der Waals surface area (Å²) in [5, 5.41) is 3.29. The Morgan fingerprint density at radius 2 is 2.28 bits per heavy atom. The summed E-state index contributed by atoms with van der Waals surface area (Å²) in [6.45, 7) is 1.24. The van der Waals surface area contributed by atoms with Gasteiger partial charge in [0.05, 0.1) is 36.0 Å². The Morgan fingerprint density at radius 1 is 1.44 bits per heavy atom. The zero-order valence-corrected chi connectivity index (χ0v) is 11.0. The molecule has 5 nitrogen and oxygen atoms in total. The van der Waals surface area contributed by atoms with Crippen molar-refractivity contribution in [1.82, 2.24) is 0 Å². The van der Waals surface area contributed by atoms with E-state index in [2.05, 4.69) is 10.2 Å². The lowest BCUT2D eigenvalue weighted by molar-refractivity contribution is 0.414. The number of rotatable bonds is 1. The fourth-order valence-electron chi connectivity index (χ4n) is 2.63. The first-order valence-electron chi connectivity index (χ1n) is 5.98. The van der Waals surface area contributed by atoms with Gasteiger partial charge in [-0.1, -0.05) is 0 Å². The van der Waals surface area contributed by atoms with Crippen LogP contribution in [0.25, 0.3) is 0 Å². The maximum Gasteiger partial charge on any atom is 0.154 e. The van der Waals surface area contributed by atoms with Crippen molar-refractivity contribution in [2.45, 2.75) is 6.04 Å². The molecule has 0 aliphatic carbocycles. The van der Waals surface area contributed by atoms with Crippen molar-refractivity contribution in [3.63, 3.8) is 0 Å². The summed E-state index contributed by atoms with van der Waals surface area (Å²) in [4.78, 5) is 2.18. The molecule has 0 saturated carbocycles. The molecule has 2 aliphatic rings. The van der Waals surface area contributed by atoms with Crippen LogP contribution in [0.15, 0.2) is 18.2 Å². The van der Waals surface area contributed by atoms with E-state index in [1.165, 1.54) is 0 Å². The zero-order valence-electron chi connectivity index (χ0n) is 10.2. The van der Waals surface area contributed by atoms with Gasteiger partial charge in [0.1, 0.15) is 5.75 Å². The van der Waals surface area contributed by atoms with Crippen molar-refractivity contribution in [1.29, 1.82) is 0 Å². The summed E-state index contributed by atoms with van der Waals surface area (Å²) in [6.07, 6.45) is 0. The van der Waals surface area contributed by atoms with E-state index in [4.69, 9.17) is 4.74 Å². The minimum atomic E-state index is -2.88. The highest BCUT2D eigenvalue weighted by atomic mass is 32.2. The molecule has 2 aliphatic heterocycles. The Kier molecular flexibility index (Phi) is 2.62. The summed E-state index contributed by atoms with van der Waals surface area (Å²) in [5.41, 5.74) is 2.09. The first kappa shape index (κ1) is 11.6. The number of fused-ring (bicyclic) bond motifs is 3. The molecule has 0 amide bonds. The van der Waals surface area contributed by atoms with E-state index < -0.39 is 9.84 Å². The van der Waals surface area contributed by atoms with Crippen molar-refractivity contribution < 1.29 is 13.2 Å². The number of sulfone groups is 1. The van der Waals surface area contributed by atoms with Crippen LogP contribution in [0.5, 0.6) is 5.75 Å². The molecule has 3 rings (SSSR count). The van der Waals surface area contributed by atoms with Crippen LogP contribution in [0.2, 0.25) is 0 Å². The fraction of sp³-hybridized carbons (Fsp3) is 0.500. The lowest BCUT2D eigenvalue weighted by Gasteiger charge is -2.42. The first-order valence-corrected chi connectivity index (χ1v) is 7.80. The van der Waals surface area contributed by atoms with Gasteiger partial charge >= 0.3 is 0 Å². The molecule has 0 bridgehead atoms. The third-order valence-electron chi connectivity index (χ3n) is 3.57. The van der Waals surface area contributed by atoms with Gasteiger partial charge in [-0.3, -0.25) is 0 Å². The van der Waals surface area contributed by atoms with Crippen molar-refractivity contribution in [2.24, 2.45) is 0 Å². The molecule has 1 N–H and O–H groups in total. The summed E-state index contributed by atoms with van der Waals surface area (Å²) >= 11 is 0. The summed E-state index contributed by atoms with van der Waals surface area (Å²) in [5.74, 6) is 1.27. The Morgan fingerprint density at radius 3 is 3.06 bits per heavy atom. The molecule has 0 radical (unpaired) electrons. The van der Waals surface area contributed by atoms with Crippen LogP contribution >= 0.6 is 0 Å². The molecule has 1 aromatic carbocycles. The fourth-order valence-corrected chi connectivity index (χ4v) is 4.15. The van der Waals surface area contributed by atoms with Crippen LogP contribution in [0.1, 0.15) is 0 Å². The van der Waals surface area contributed by atoms with Crippen molar-refractivity contribution in [2.75, 3.05) is 41.9 Å². The molecular weight excluding hydrogens is 252 g/mol. The number of anilines is 2. The number of hydrogen-bond acceptors (Lipinski definition) is 5. The zero-order chi connectivity index (χ0) is 12.8. The first-order chi connectivity index (χ1) is 8.59. The predicted octanol–water partition coefficient (Wildman–Crippen LogP) is 0.724. The molecule has 6 heteroatoms. The number of methoxy groups -OCH3 is 1. The molecule has 1 saturated heterocycles. The number of nitrogens with zero attached hydrogens (tertiary/aromatic N) is 1.